The van der Waals surface area contributed by atoms with Crippen LogP contribution in [0.15, 0.2) is 0 Å². The van der Waals surface area contributed by atoms with Gasteiger partial charge in [0.2, 0.25) is 11.8 Å². The number of carbonyl (C=O) groups excluding carboxylic acids is 2. The molecule has 0 saturated carbocycles. The van der Waals surface area contributed by atoms with Gasteiger partial charge in [-0.1, -0.05) is 64.7 Å². The average molecular weight is 487 g/mol. The number of carboxylic acids is 2. The van der Waals surface area contributed by atoms with Crippen LogP contribution in [-0.2, 0) is 23.9 Å². The fraction of sp³-hybridized carbons (Fsp3) is 0.840. The number of carboxylic acid groups (broad SMARTS) is 2. The van der Waals surface area contributed by atoms with E-state index < -0.39 is 18.0 Å². The van der Waals surface area contributed by atoms with E-state index in [0.717, 1.165) is 64.2 Å². The van der Waals surface area contributed by atoms with Crippen LogP contribution in [0, 0.1) is 0 Å². The van der Waals surface area contributed by atoms with E-state index in [4.69, 9.17) is 9.84 Å². The Hall–Kier alpha value is -2.16. The van der Waals surface area contributed by atoms with Crippen molar-refractivity contribution in [3.63, 3.8) is 0 Å². The number of aliphatic carboxylic acids is 2. The third-order valence-electron chi connectivity index (χ3n) is 5.50. The van der Waals surface area contributed by atoms with Crippen molar-refractivity contribution in [2.24, 2.45) is 0 Å². The van der Waals surface area contributed by atoms with Crippen LogP contribution in [0.2, 0.25) is 0 Å². The molecule has 198 valence electrons. The number of carbonyl (C=O) groups is 4. The molecule has 34 heavy (non-hydrogen) atoms. The highest BCUT2D eigenvalue weighted by molar-refractivity contribution is 5.84. The van der Waals surface area contributed by atoms with Gasteiger partial charge in [-0.25, -0.2) is 4.79 Å². The predicted molar refractivity (Wildman–Crippen MR) is 131 cm³/mol. The second kappa shape index (κ2) is 22.6. The first-order valence-corrected chi connectivity index (χ1v) is 12.9. The Labute approximate surface area is 204 Å². The zero-order chi connectivity index (χ0) is 25.4. The maximum atomic E-state index is 12.1. The lowest BCUT2D eigenvalue weighted by Crippen LogP contribution is -2.41. The molecule has 0 bridgehead atoms. The second-order valence-corrected chi connectivity index (χ2v) is 8.74. The van der Waals surface area contributed by atoms with Gasteiger partial charge in [0.15, 0.2) is 0 Å². The van der Waals surface area contributed by atoms with E-state index >= 15 is 0 Å². The van der Waals surface area contributed by atoms with Crippen molar-refractivity contribution in [1.82, 2.24) is 10.6 Å². The van der Waals surface area contributed by atoms with Crippen LogP contribution >= 0.6 is 0 Å². The maximum absolute atomic E-state index is 12.1. The molecule has 0 radical (unpaired) electrons. The topological polar surface area (TPSA) is 142 Å². The summed E-state index contributed by atoms with van der Waals surface area (Å²) in [5.41, 5.74) is 0. The molecule has 1 unspecified atom stereocenters. The van der Waals surface area contributed by atoms with Gasteiger partial charge in [-0.2, -0.15) is 0 Å². The van der Waals surface area contributed by atoms with Crippen LogP contribution in [0.1, 0.15) is 110 Å². The summed E-state index contributed by atoms with van der Waals surface area (Å²) in [5, 5.41) is 23.1. The van der Waals surface area contributed by atoms with Crippen molar-refractivity contribution in [1.29, 1.82) is 0 Å². The van der Waals surface area contributed by atoms with Crippen LogP contribution in [-0.4, -0.2) is 59.8 Å². The Balaban J connectivity index is 3.70. The summed E-state index contributed by atoms with van der Waals surface area (Å²) in [5.74, 6) is -2.39. The average Bonchev–Trinajstić information content (AvgIpc) is 2.79. The highest BCUT2D eigenvalue weighted by Gasteiger charge is 2.20. The molecule has 0 fully saturated rings. The summed E-state index contributed by atoms with van der Waals surface area (Å²) < 4.78 is 5.27. The fourth-order valence-electron chi connectivity index (χ4n) is 3.55. The first kappa shape index (κ1) is 31.8. The van der Waals surface area contributed by atoms with Crippen molar-refractivity contribution < 1.29 is 34.1 Å². The minimum absolute atomic E-state index is 0.0351. The van der Waals surface area contributed by atoms with Gasteiger partial charge < -0.3 is 25.6 Å². The zero-order valence-electron chi connectivity index (χ0n) is 20.9. The lowest BCUT2D eigenvalue weighted by Gasteiger charge is -2.14. The van der Waals surface area contributed by atoms with Crippen molar-refractivity contribution in [3.8, 4) is 0 Å². The van der Waals surface area contributed by atoms with E-state index in [1.807, 2.05) is 6.92 Å². The van der Waals surface area contributed by atoms with Gasteiger partial charge in [-0.15, -0.1) is 0 Å². The van der Waals surface area contributed by atoms with Crippen molar-refractivity contribution in [2.75, 3.05) is 19.8 Å². The van der Waals surface area contributed by atoms with Crippen LogP contribution < -0.4 is 10.6 Å². The lowest BCUT2D eigenvalue weighted by atomic mass is 10.0. The normalized spacial score (nSPS) is 11.7. The Kier molecular flexibility index (Phi) is 21.2. The van der Waals surface area contributed by atoms with Crippen molar-refractivity contribution in [2.45, 2.75) is 116 Å². The molecule has 2 amide bonds. The third-order valence-corrected chi connectivity index (χ3v) is 5.50. The van der Waals surface area contributed by atoms with Gasteiger partial charge in [-0.3, -0.25) is 14.4 Å². The molecule has 0 spiro atoms. The molecule has 0 rings (SSSR count). The molecule has 0 aliphatic heterocycles. The zero-order valence-corrected chi connectivity index (χ0v) is 20.9. The highest BCUT2D eigenvalue weighted by Crippen LogP contribution is 2.12. The van der Waals surface area contributed by atoms with Crippen LogP contribution in [0.5, 0.6) is 0 Å². The van der Waals surface area contributed by atoms with E-state index in [-0.39, 0.29) is 31.1 Å². The van der Waals surface area contributed by atoms with Gasteiger partial charge in [-0.05, 0) is 25.7 Å². The number of hydrogen-bond acceptors (Lipinski definition) is 5. The standard InChI is InChI=1S/C25H46N2O7/c1-2-19-34-20-18-26-22(28)17-16-21(25(32)33)27-23(29)14-12-10-8-6-4-3-5-7-9-11-13-15-24(30)31/h21H,2-20H2,1H3,(H,26,28)(H,27,29)(H,30,31)(H,32,33). The Bertz CT molecular complexity index is 569. The number of nitrogens with one attached hydrogen (secondary N) is 2. The minimum atomic E-state index is -1.13. The van der Waals surface area contributed by atoms with E-state index in [2.05, 4.69) is 10.6 Å². The third kappa shape index (κ3) is 21.7. The number of amides is 2. The van der Waals surface area contributed by atoms with Gasteiger partial charge in [0.1, 0.15) is 6.04 Å². The summed E-state index contributed by atoms with van der Waals surface area (Å²) in [6.45, 7) is 3.45. The molecule has 1 atom stereocenters. The molecule has 9 nitrogen and oxygen atoms in total. The monoisotopic (exact) mass is 486 g/mol. The molecule has 9 heteroatoms. The van der Waals surface area contributed by atoms with Crippen molar-refractivity contribution in [3.05, 3.63) is 0 Å². The number of hydrogen-bond donors (Lipinski definition) is 4. The Morgan fingerprint density at radius 1 is 0.706 bits per heavy atom. The lowest BCUT2D eigenvalue weighted by molar-refractivity contribution is -0.142. The minimum Gasteiger partial charge on any atom is -0.481 e. The second-order valence-electron chi connectivity index (χ2n) is 8.74. The molecular formula is C25H46N2O7. The molecule has 4 N–H and O–H groups in total. The fourth-order valence-corrected chi connectivity index (χ4v) is 3.55. The van der Waals surface area contributed by atoms with Gasteiger partial charge >= 0.3 is 11.9 Å². The summed E-state index contributed by atoms with van der Waals surface area (Å²) >= 11 is 0. The van der Waals surface area contributed by atoms with E-state index in [1.54, 1.807) is 0 Å². The summed E-state index contributed by atoms with van der Waals surface area (Å²) in [4.78, 5) is 45.7. The smallest absolute Gasteiger partial charge is 0.326 e. The maximum Gasteiger partial charge on any atom is 0.326 e. The molecule has 0 saturated heterocycles. The molecular weight excluding hydrogens is 440 g/mol. The molecule has 0 aliphatic carbocycles. The molecule has 0 aliphatic rings. The first-order chi connectivity index (χ1) is 16.4. The van der Waals surface area contributed by atoms with E-state index in [0.29, 0.717) is 26.2 Å². The highest BCUT2D eigenvalue weighted by atomic mass is 16.5. The first-order valence-electron chi connectivity index (χ1n) is 12.9. The number of rotatable bonds is 24. The molecule has 0 heterocycles. The summed E-state index contributed by atoms with van der Waals surface area (Å²) in [6.07, 6.45) is 12.9. The number of ether oxygens (including phenoxy) is 1. The van der Waals surface area contributed by atoms with Crippen LogP contribution in [0.3, 0.4) is 0 Å². The van der Waals surface area contributed by atoms with Gasteiger partial charge in [0.25, 0.3) is 0 Å². The van der Waals surface area contributed by atoms with E-state index in [9.17, 15) is 24.3 Å². The Morgan fingerprint density at radius 2 is 1.24 bits per heavy atom. The van der Waals surface area contributed by atoms with Gasteiger partial charge in [0.05, 0.1) is 6.61 Å². The quantitative estimate of drug-likeness (QED) is 0.151. The summed E-state index contributed by atoms with van der Waals surface area (Å²) in [6, 6.07) is -1.06. The van der Waals surface area contributed by atoms with Crippen LogP contribution in [0.4, 0.5) is 0 Å². The van der Waals surface area contributed by atoms with Crippen LogP contribution in [0.25, 0.3) is 0 Å². The Morgan fingerprint density at radius 3 is 1.74 bits per heavy atom. The SMILES string of the molecule is CCCOCCNC(=O)CCC(NC(=O)CCCCCCCCCCCCCC(=O)O)C(=O)O. The summed E-state index contributed by atoms with van der Waals surface area (Å²) in [7, 11) is 0. The predicted octanol–water partition coefficient (Wildman–Crippen LogP) is 4.03. The molecule has 0 aromatic heterocycles. The van der Waals surface area contributed by atoms with E-state index in [1.165, 1.54) is 12.8 Å². The largest absolute Gasteiger partial charge is 0.481 e. The number of unbranched alkanes of at least 4 members (excludes halogenated alkanes) is 10. The van der Waals surface area contributed by atoms with Crippen molar-refractivity contribution >= 4 is 23.8 Å². The molecule has 0 aromatic carbocycles. The molecule has 0 aromatic rings. The van der Waals surface area contributed by atoms with Gasteiger partial charge in [0, 0.05) is 32.4 Å².